The highest BCUT2D eigenvalue weighted by atomic mass is 32.1. The summed E-state index contributed by atoms with van der Waals surface area (Å²) in [7, 11) is 0. The molecule has 1 atom stereocenters. The van der Waals surface area contributed by atoms with Gasteiger partial charge in [-0.3, -0.25) is 24.2 Å². The van der Waals surface area contributed by atoms with Gasteiger partial charge in [-0.15, -0.1) is 0 Å². The molecule has 0 amide bonds. The van der Waals surface area contributed by atoms with Crippen LogP contribution in [0.25, 0.3) is 0 Å². The van der Waals surface area contributed by atoms with Crippen molar-refractivity contribution in [2.24, 2.45) is 4.99 Å². The molecule has 2 rings (SSSR count). The van der Waals surface area contributed by atoms with Crippen molar-refractivity contribution < 1.29 is 9.84 Å². The highest BCUT2D eigenvalue weighted by Crippen LogP contribution is 2.20. The fourth-order valence-electron chi connectivity index (χ4n) is 2.63. The third-order valence-electron chi connectivity index (χ3n) is 4.27. The zero-order chi connectivity index (χ0) is 17.5. The number of morpholine rings is 1. The topological polar surface area (TPSA) is 82.8 Å². The van der Waals surface area contributed by atoms with Gasteiger partial charge in [-0.25, -0.2) is 0 Å². The van der Waals surface area contributed by atoms with Crippen molar-refractivity contribution in [2.75, 3.05) is 39.4 Å². The molecule has 0 saturated carbocycles. The van der Waals surface area contributed by atoms with E-state index in [1.54, 1.807) is 4.57 Å². The van der Waals surface area contributed by atoms with Gasteiger partial charge in [0, 0.05) is 38.4 Å². The monoisotopic (exact) mass is 354 g/mol. The van der Waals surface area contributed by atoms with Gasteiger partial charge in [-0.2, -0.15) is 0 Å². The lowest BCUT2D eigenvalue weighted by Crippen LogP contribution is -2.37. The van der Waals surface area contributed by atoms with Crippen LogP contribution in [0.1, 0.15) is 38.3 Å². The van der Waals surface area contributed by atoms with E-state index in [-0.39, 0.29) is 22.3 Å². The van der Waals surface area contributed by atoms with Crippen LogP contribution >= 0.6 is 12.2 Å². The molecule has 0 spiro atoms. The second-order valence-corrected chi connectivity index (χ2v) is 6.35. The van der Waals surface area contributed by atoms with Gasteiger partial charge in [0.05, 0.1) is 13.2 Å². The van der Waals surface area contributed by atoms with Crippen LogP contribution in [-0.4, -0.2) is 65.2 Å². The van der Waals surface area contributed by atoms with Gasteiger partial charge >= 0.3 is 0 Å². The molecule has 1 aromatic heterocycles. The molecule has 134 valence electrons. The van der Waals surface area contributed by atoms with Crippen LogP contribution in [0.2, 0.25) is 0 Å². The van der Waals surface area contributed by atoms with E-state index in [0.717, 1.165) is 45.7 Å². The maximum atomic E-state index is 12.0. The normalized spacial score (nSPS) is 17.4. The molecule has 1 fully saturated rings. The zero-order valence-electron chi connectivity index (χ0n) is 14.3. The standard InChI is InChI=1S/C16H26N4O3S/c1-3-12(2)20-15(22)13(14(21)18-16(20)24)11-17-5-4-6-19-7-9-23-10-8-19/h11-12,22H,3-10H2,1-2H3,(H,18,21,24)/t12-/m0/s1. The Hall–Kier alpha value is -1.51. The fourth-order valence-corrected chi connectivity index (χ4v) is 2.99. The van der Waals surface area contributed by atoms with Gasteiger partial charge in [0.1, 0.15) is 5.56 Å². The molecule has 1 aromatic rings. The highest BCUT2D eigenvalue weighted by molar-refractivity contribution is 7.71. The molecule has 0 unspecified atom stereocenters. The highest BCUT2D eigenvalue weighted by Gasteiger charge is 2.14. The first kappa shape index (κ1) is 18.8. The van der Waals surface area contributed by atoms with E-state index in [9.17, 15) is 9.90 Å². The van der Waals surface area contributed by atoms with Crippen LogP contribution in [0.5, 0.6) is 5.88 Å². The third kappa shape index (κ3) is 4.75. The molecular weight excluding hydrogens is 328 g/mol. The van der Waals surface area contributed by atoms with Crippen molar-refractivity contribution >= 4 is 18.4 Å². The van der Waals surface area contributed by atoms with Crippen molar-refractivity contribution in [3.8, 4) is 5.88 Å². The Labute approximate surface area is 147 Å². The first-order valence-corrected chi connectivity index (χ1v) is 8.83. The molecule has 0 aromatic carbocycles. The summed E-state index contributed by atoms with van der Waals surface area (Å²) in [6.45, 7) is 8.99. The minimum Gasteiger partial charge on any atom is -0.494 e. The van der Waals surface area contributed by atoms with E-state index in [4.69, 9.17) is 17.0 Å². The van der Waals surface area contributed by atoms with Crippen LogP contribution in [0.15, 0.2) is 9.79 Å². The van der Waals surface area contributed by atoms with Crippen LogP contribution in [0.3, 0.4) is 0 Å². The fraction of sp³-hybridized carbons (Fsp3) is 0.688. The van der Waals surface area contributed by atoms with Crippen molar-refractivity contribution in [2.45, 2.75) is 32.7 Å². The number of nitrogens with zero attached hydrogens (tertiary/aromatic N) is 3. The van der Waals surface area contributed by atoms with E-state index in [0.29, 0.717) is 6.54 Å². The summed E-state index contributed by atoms with van der Waals surface area (Å²) in [6, 6.07) is 0.00261. The predicted octanol–water partition coefficient (Wildman–Crippen LogP) is 1.72. The smallest absolute Gasteiger partial charge is 0.264 e. The number of aliphatic imine (C=N–C) groups is 1. The molecular formula is C16H26N4O3S. The number of hydrogen-bond acceptors (Lipinski definition) is 6. The Balaban J connectivity index is 2.00. The Kier molecular flexibility index (Phi) is 7.14. The first-order valence-electron chi connectivity index (χ1n) is 8.42. The molecule has 1 aliphatic rings. The van der Waals surface area contributed by atoms with Gasteiger partial charge in [0.25, 0.3) is 5.56 Å². The van der Waals surface area contributed by atoms with E-state index in [2.05, 4.69) is 14.9 Å². The number of hydrogen-bond donors (Lipinski definition) is 2. The zero-order valence-corrected chi connectivity index (χ0v) is 15.1. The summed E-state index contributed by atoms with van der Waals surface area (Å²) < 4.78 is 7.11. The average molecular weight is 354 g/mol. The number of nitrogens with one attached hydrogen (secondary N) is 1. The summed E-state index contributed by atoms with van der Waals surface area (Å²) in [5.74, 6) is -0.116. The quantitative estimate of drug-likeness (QED) is 0.443. The number of aromatic hydroxyl groups is 1. The van der Waals surface area contributed by atoms with Crippen molar-refractivity contribution in [3.63, 3.8) is 0 Å². The van der Waals surface area contributed by atoms with Gasteiger partial charge in [0.2, 0.25) is 5.88 Å². The molecule has 2 heterocycles. The lowest BCUT2D eigenvalue weighted by molar-refractivity contribution is 0.0377. The molecule has 7 nitrogen and oxygen atoms in total. The maximum absolute atomic E-state index is 12.0. The molecule has 0 bridgehead atoms. The van der Waals surface area contributed by atoms with E-state index >= 15 is 0 Å². The molecule has 1 aliphatic heterocycles. The largest absolute Gasteiger partial charge is 0.494 e. The number of aromatic amines is 1. The minimum absolute atomic E-state index is 0.00261. The number of aromatic nitrogens is 2. The van der Waals surface area contributed by atoms with Gasteiger partial charge in [-0.1, -0.05) is 6.92 Å². The van der Waals surface area contributed by atoms with E-state index in [1.165, 1.54) is 6.21 Å². The van der Waals surface area contributed by atoms with Crippen molar-refractivity contribution in [1.82, 2.24) is 14.5 Å². The number of ether oxygens (including phenoxy) is 1. The summed E-state index contributed by atoms with van der Waals surface area (Å²) in [4.78, 5) is 21.3. The summed E-state index contributed by atoms with van der Waals surface area (Å²) in [5.41, 5.74) is -0.246. The summed E-state index contributed by atoms with van der Waals surface area (Å²) >= 11 is 5.14. The van der Waals surface area contributed by atoms with Gasteiger partial charge in [-0.05, 0) is 32.0 Å². The lowest BCUT2D eigenvalue weighted by Gasteiger charge is -2.26. The minimum atomic E-state index is -0.408. The van der Waals surface area contributed by atoms with Gasteiger partial charge in [0.15, 0.2) is 4.77 Å². The second kappa shape index (κ2) is 9.10. The summed E-state index contributed by atoms with van der Waals surface area (Å²) in [5, 5.41) is 10.4. The van der Waals surface area contributed by atoms with E-state index < -0.39 is 5.56 Å². The number of H-pyrrole nitrogens is 1. The molecule has 24 heavy (non-hydrogen) atoms. The first-order chi connectivity index (χ1) is 11.5. The Morgan fingerprint density at radius 3 is 2.83 bits per heavy atom. The molecule has 1 saturated heterocycles. The van der Waals surface area contributed by atoms with Crippen LogP contribution in [0.4, 0.5) is 0 Å². The molecule has 0 aliphatic carbocycles. The third-order valence-corrected chi connectivity index (χ3v) is 4.57. The summed E-state index contributed by atoms with van der Waals surface area (Å²) in [6.07, 6.45) is 3.14. The lowest BCUT2D eigenvalue weighted by atomic mass is 10.2. The molecule has 2 N–H and O–H groups in total. The average Bonchev–Trinajstić information content (AvgIpc) is 2.57. The maximum Gasteiger partial charge on any atom is 0.264 e. The van der Waals surface area contributed by atoms with Crippen LogP contribution < -0.4 is 5.56 Å². The predicted molar refractivity (Wildman–Crippen MR) is 96.9 cm³/mol. The molecule has 0 radical (unpaired) electrons. The Morgan fingerprint density at radius 1 is 1.46 bits per heavy atom. The SMILES string of the molecule is CC[C@H](C)n1c(O)c(C=NCCCN2CCOCC2)c(=O)[nH]c1=S. The van der Waals surface area contributed by atoms with Crippen LogP contribution in [0, 0.1) is 4.77 Å². The molecule has 8 heteroatoms. The Morgan fingerprint density at radius 2 is 2.17 bits per heavy atom. The van der Waals surface area contributed by atoms with E-state index in [1.807, 2.05) is 13.8 Å². The number of rotatable bonds is 7. The van der Waals surface area contributed by atoms with Gasteiger partial charge < -0.3 is 9.84 Å². The van der Waals surface area contributed by atoms with Crippen molar-refractivity contribution in [3.05, 3.63) is 20.7 Å². The van der Waals surface area contributed by atoms with Crippen LogP contribution in [-0.2, 0) is 4.74 Å². The Bertz CT molecular complexity index is 677. The second-order valence-electron chi connectivity index (χ2n) is 5.97. The van der Waals surface area contributed by atoms with Crippen molar-refractivity contribution in [1.29, 1.82) is 0 Å².